The summed E-state index contributed by atoms with van der Waals surface area (Å²) >= 11 is 7.56. The Morgan fingerprint density at radius 1 is 1.24 bits per heavy atom. The van der Waals surface area contributed by atoms with E-state index >= 15 is 0 Å². The van der Waals surface area contributed by atoms with Gasteiger partial charge in [-0.05, 0) is 43.7 Å². The van der Waals surface area contributed by atoms with Gasteiger partial charge in [-0.2, -0.15) is 0 Å². The lowest BCUT2D eigenvalue weighted by molar-refractivity contribution is -0.119. The van der Waals surface area contributed by atoms with E-state index in [2.05, 4.69) is 22.2 Å². The monoisotopic (exact) mass is 373 g/mol. The second kappa shape index (κ2) is 7.93. The van der Waals surface area contributed by atoms with Crippen molar-refractivity contribution in [3.8, 4) is 0 Å². The topological polar surface area (TPSA) is 57.8 Å². The number of thioether (sulfide) groups is 1. The summed E-state index contributed by atoms with van der Waals surface area (Å²) in [6, 6.07) is 15.4. The molecule has 0 saturated heterocycles. The van der Waals surface area contributed by atoms with Crippen LogP contribution in [-0.4, -0.2) is 21.6 Å². The zero-order valence-corrected chi connectivity index (χ0v) is 15.7. The molecule has 0 radical (unpaired) electrons. The number of para-hydroxylation sites is 2. The first kappa shape index (κ1) is 17.8. The number of hydrogen-bond donors (Lipinski definition) is 2. The van der Waals surface area contributed by atoms with Crippen LogP contribution in [0.25, 0.3) is 11.0 Å². The number of aromatic amines is 1. The van der Waals surface area contributed by atoms with E-state index in [4.69, 9.17) is 11.6 Å². The van der Waals surface area contributed by atoms with Crippen LogP contribution in [0.5, 0.6) is 0 Å². The first-order valence-electron chi connectivity index (χ1n) is 8.14. The molecule has 1 heterocycles. The van der Waals surface area contributed by atoms with Gasteiger partial charge in [0.1, 0.15) is 5.82 Å². The molecule has 3 rings (SSSR count). The highest BCUT2D eigenvalue weighted by atomic mass is 35.5. The van der Waals surface area contributed by atoms with E-state index in [0.717, 1.165) is 22.4 Å². The van der Waals surface area contributed by atoms with Crippen molar-refractivity contribution in [3.63, 3.8) is 0 Å². The van der Waals surface area contributed by atoms with Crippen molar-refractivity contribution in [3.05, 3.63) is 64.9 Å². The van der Waals surface area contributed by atoms with Crippen molar-refractivity contribution in [2.75, 3.05) is 5.75 Å². The maximum atomic E-state index is 12.2. The molecule has 0 aliphatic heterocycles. The van der Waals surface area contributed by atoms with Crippen LogP contribution < -0.4 is 5.32 Å². The summed E-state index contributed by atoms with van der Waals surface area (Å²) in [5.74, 6) is 1.27. The standard InChI is InChI=1S/C19H20ClN3OS/c1-12(14-6-5-7-15(20)10-14)21-18(24)11-25-13(2)19-22-16-8-3-4-9-17(16)23-19/h3-10,12-13H,11H2,1-2H3,(H,21,24)(H,22,23). The smallest absolute Gasteiger partial charge is 0.230 e. The average Bonchev–Trinajstić information content (AvgIpc) is 3.04. The second-order valence-corrected chi connectivity index (χ2v) is 7.70. The van der Waals surface area contributed by atoms with Crippen molar-refractivity contribution in [2.45, 2.75) is 25.1 Å². The third-order valence-electron chi connectivity index (χ3n) is 3.98. The van der Waals surface area contributed by atoms with Crippen LogP contribution in [0.15, 0.2) is 48.5 Å². The molecule has 0 aliphatic carbocycles. The van der Waals surface area contributed by atoms with Gasteiger partial charge in [-0.3, -0.25) is 4.79 Å². The van der Waals surface area contributed by atoms with Crippen LogP contribution in [0.2, 0.25) is 5.02 Å². The fourth-order valence-corrected chi connectivity index (χ4v) is 3.54. The van der Waals surface area contributed by atoms with Crippen molar-refractivity contribution >= 4 is 40.3 Å². The number of nitrogens with one attached hydrogen (secondary N) is 2. The van der Waals surface area contributed by atoms with Crippen molar-refractivity contribution in [2.24, 2.45) is 0 Å². The van der Waals surface area contributed by atoms with Gasteiger partial charge >= 0.3 is 0 Å². The number of hydrogen-bond acceptors (Lipinski definition) is 3. The van der Waals surface area contributed by atoms with Crippen LogP contribution in [0.1, 0.15) is 36.5 Å². The predicted molar refractivity (Wildman–Crippen MR) is 105 cm³/mol. The molecule has 0 bridgehead atoms. The summed E-state index contributed by atoms with van der Waals surface area (Å²) in [6.07, 6.45) is 0. The third kappa shape index (κ3) is 4.55. The van der Waals surface area contributed by atoms with Gasteiger partial charge in [-0.15, -0.1) is 11.8 Å². The highest BCUT2D eigenvalue weighted by molar-refractivity contribution is 8.00. The maximum Gasteiger partial charge on any atom is 0.230 e. The number of halogens is 1. The number of nitrogens with zero attached hydrogens (tertiary/aromatic N) is 1. The lowest BCUT2D eigenvalue weighted by Crippen LogP contribution is -2.28. The Hall–Kier alpha value is -1.98. The normalized spacial score (nSPS) is 13.6. The van der Waals surface area contributed by atoms with E-state index in [1.807, 2.05) is 55.5 Å². The van der Waals surface area contributed by atoms with Crippen molar-refractivity contribution in [1.82, 2.24) is 15.3 Å². The molecule has 0 saturated carbocycles. The van der Waals surface area contributed by atoms with Gasteiger partial charge in [-0.1, -0.05) is 35.9 Å². The van der Waals surface area contributed by atoms with E-state index in [1.165, 1.54) is 0 Å². The molecule has 6 heteroatoms. The summed E-state index contributed by atoms with van der Waals surface area (Å²) in [4.78, 5) is 20.1. The predicted octanol–water partition coefficient (Wildman–Crippen LogP) is 4.89. The minimum atomic E-state index is -0.0756. The first-order chi connectivity index (χ1) is 12.0. The molecule has 2 unspecified atom stereocenters. The fourth-order valence-electron chi connectivity index (χ4n) is 2.59. The SMILES string of the molecule is CC(NC(=O)CSC(C)c1nc2ccccc2[nH]1)c1cccc(Cl)c1. The summed E-state index contributed by atoms with van der Waals surface area (Å²) in [7, 11) is 0. The molecule has 25 heavy (non-hydrogen) atoms. The zero-order valence-electron chi connectivity index (χ0n) is 14.1. The molecule has 3 aromatic rings. The minimum Gasteiger partial charge on any atom is -0.349 e. The molecule has 4 nitrogen and oxygen atoms in total. The van der Waals surface area contributed by atoms with E-state index in [1.54, 1.807) is 11.8 Å². The Balaban J connectivity index is 1.54. The first-order valence-corrected chi connectivity index (χ1v) is 9.56. The number of fused-ring (bicyclic) bond motifs is 1. The summed E-state index contributed by atoms with van der Waals surface area (Å²) < 4.78 is 0. The number of aromatic nitrogens is 2. The highest BCUT2D eigenvalue weighted by Crippen LogP contribution is 2.27. The molecule has 2 atom stereocenters. The van der Waals surface area contributed by atoms with Gasteiger partial charge in [0, 0.05) is 5.02 Å². The van der Waals surface area contributed by atoms with Gasteiger partial charge in [0.15, 0.2) is 0 Å². The van der Waals surface area contributed by atoms with Crippen molar-refractivity contribution in [1.29, 1.82) is 0 Å². The number of rotatable bonds is 6. The van der Waals surface area contributed by atoms with E-state index in [-0.39, 0.29) is 17.2 Å². The largest absolute Gasteiger partial charge is 0.349 e. The molecule has 130 valence electrons. The van der Waals surface area contributed by atoms with Crippen LogP contribution in [0.3, 0.4) is 0 Å². The lowest BCUT2D eigenvalue weighted by atomic mass is 10.1. The molecule has 0 aliphatic rings. The molecule has 1 aromatic heterocycles. The Morgan fingerprint density at radius 2 is 2.04 bits per heavy atom. The summed E-state index contributed by atoms with van der Waals surface area (Å²) in [5, 5.41) is 3.79. The van der Waals surface area contributed by atoms with Gasteiger partial charge in [0.05, 0.1) is 28.1 Å². The lowest BCUT2D eigenvalue weighted by Gasteiger charge is -2.15. The number of benzene rings is 2. The van der Waals surface area contributed by atoms with Crippen molar-refractivity contribution < 1.29 is 4.79 Å². The molecule has 2 N–H and O–H groups in total. The van der Waals surface area contributed by atoms with Gasteiger partial charge in [0.25, 0.3) is 0 Å². The molecule has 2 aromatic carbocycles. The molecule has 1 amide bonds. The van der Waals surface area contributed by atoms with E-state index in [0.29, 0.717) is 10.8 Å². The molecule has 0 fully saturated rings. The highest BCUT2D eigenvalue weighted by Gasteiger charge is 2.15. The number of carbonyl (C=O) groups is 1. The molecule has 0 spiro atoms. The average molecular weight is 374 g/mol. The fraction of sp³-hybridized carbons (Fsp3) is 0.263. The summed E-state index contributed by atoms with van der Waals surface area (Å²) in [5.41, 5.74) is 2.96. The van der Waals surface area contributed by atoms with E-state index < -0.39 is 0 Å². The number of amides is 1. The second-order valence-electron chi connectivity index (χ2n) is 5.94. The molecular formula is C19H20ClN3OS. The van der Waals surface area contributed by atoms with Gasteiger partial charge in [0.2, 0.25) is 5.91 Å². The minimum absolute atomic E-state index is 0.000404. The maximum absolute atomic E-state index is 12.2. The number of imidazole rings is 1. The molecular weight excluding hydrogens is 354 g/mol. The van der Waals surface area contributed by atoms with Crippen LogP contribution in [0.4, 0.5) is 0 Å². The zero-order chi connectivity index (χ0) is 17.8. The third-order valence-corrected chi connectivity index (χ3v) is 5.37. The number of H-pyrrole nitrogens is 1. The Morgan fingerprint density at radius 3 is 2.80 bits per heavy atom. The van der Waals surface area contributed by atoms with E-state index in [9.17, 15) is 4.79 Å². The van der Waals surface area contributed by atoms with Gasteiger partial charge < -0.3 is 10.3 Å². The van der Waals surface area contributed by atoms with Crippen LogP contribution >= 0.6 is 23.4 Å². The van der Waals surface area contributed by atoms with Crippen LogP contribution in [-0.2, 0) is 4.79 Å². The Bertz CT molecular complexity index is 847. The Kier molecular flexibility index (Phi) is 5.66. The summed E-state index contributed by atoms with van der Waals surface area (Å²) in [6.45, 7) is 4.01. The van der Waals surface area contributed by atoms with Gasteiger partial charge in [-0.25, -0.2) is 4.98 Å². The quantitative estimate of drug-likeness (QED) is 0.646. The Labute approximate surface area is 156 Å². The number of carbonyl (C=O) groups excluding carboxylic acids is 1. The van der Waals surface area contributed by atoms with Crippen LogP contribution in [0, 0.1) is 0 Å².